The van der Waals surface area contributed by atoms with E-state index in [0.29, 0.717) is 10.8 Å². The molecule has 20 heavy (non-hydrogen) atoms. The van der Waals surface area contributed by atoms with Gasteiger partial charge in [-0.2, -0.15) is 21.2 Å². The van der Waals surface area contributed by atoms with Crippen molar-refractivity contribution in [2.24, 2.45) is 5.84 Å². The summed E-state index contributed by atoms with van der Waals surface area (Å²) < 4.78 is 61.8. The third-order valence-electron chi connectivity index (χ3n) is 2.60. The van der Waals surface area contributed by atoms with Gasteiger partial charge in [0.15, 0.2) is 0 Å². The Balaban J connectivity index is 2.64. The summed E-state index contributed by atoms with van der Waals surface area (Å²) in [5.74, 6) is 5.21. The van der Waals surface area contributed by atoms with Crippen LogP contribution in [-0.4, -0.2) is 25.9 Å². The molecule has 0 aliphatic rings. The van der Waals surface area contributed by atoms with Gasteiger partial charge in [-0.1, -0.05) is 12.1 Å². The summed E-state index contributed by atoms with van der Waals surface area (Å²) in [6, 6.07) is 7.90. The van der Waals surface area contributed by atoms with E-state index in [1.54, 1.807) is 0 Å². The molecule has 0 saturated carbocycles. The molecule has 0 heterocycles. The third kappa shape index (κ3) is 2.89. The van der Waals surface area contributed by atoms with Crippen LogP contribution < -0.4 is 10.3 Å². The van der Waals surface area contributed by atoms with E-state index in [-0.39, 0.29) is 15.0 Å². The second kappa shape index (κ2) is 4.68. The number of nitrogens with two attached hydrogens (primary N) is 1. The molecule has 0 unspecified atom stereocenters. The predicted molar refractivity (Wildman–Crippen MR) is 72.0 cm³/mol. The highest BCUT2D eigenvalue weighted by atomic mass is 32.2. The largest absolute Gasteiger partial charge is 0.373 e. The van der Waals surface area contributed by atoms with Crippen LogP contribution in [0, 0.1) is 0 Å². The van der Waals surface area contributed by atoms with E-state index in [0.717, 1.165) is 6.07 Å². The number of hydrazine groups is 1. The van der Waals surface area contributed by atoms with Crippen molar-refractivity contribution in [3.63, 3.8) is 0 Å². The van der Waals surface area contributed by atoms with Crippen molar-refractivity contribution >= 4 is 36.9 Å². The van der Waals surface area contributed by atoms with Crippen molar-refractivity contribution in [1.82, 2.24) is 0 Å². The minimum atomic E-state index is -4.62. The summed E-state index contributed by atoms with van der Waals surface area (Å²) in [4.78, 5) is -0.336. The summed E-state index contributed by atoms with van der Waals surface area (Å²) in [7, 11) is -8.99. The molecule has 108 valence electrons. The molecule has 0 aliphatic heterocycles. The van der Waals surface area contributed by atoms with E-state index in [9.17, 15) is 16.8 Å². The van der Waals surface area contributed by atoms with Gasteiger partial charge in [0.2, 0.25) is 0 Å². The third-order valence-corrected chi connectivity index (χ3v) is 4.15. The molecule has 10 heteroatoms. The van der Waals surface area contributed by atoms with E-state index in [2.05, 4.69) is 0 Å². The molecule has 0 radical (unpaired) electrons. The van der Waals surface area contributed by atoms with Crippen molar-refractivity contribution in [2.75, 3.05) is 4.41 Å². The predicted octanol–water partition coefficient (Wildman–Crippen LogP) is 0.569. The van der Waals surface area contributed by atoms with E-state index in [1.165, 1.54) is 30.3 Å². The van der Waals surface area contributed by atoms with Gasteiger partial charge in [0.05, 0.1) is 10.6 Å². The van der Waals surface area contributed by atoms with Crippen molar-refractivity contribution in [1.29, 1.82) is 0 Å². The lowest BCUT2D eigenvalue weighted by Gasteiger charge is -2.14. The van der Waals surface area contributed by atoms with Crippen molar-refractivity contribution in [3.8, 4) is 0 Å². The summed E-state index contributed by atoms with van der Waals surface area (Å²) in [5, 5.41) is 0.932. The lowest BCUT2D eigenvalue weighted by Crippen LogP contribution is -2.36. The molecule has 2 aromatic carbocycles. The maximum absolute atomic E-state index is 11.0. The van der Waals surface area contributed by atoms with Crippen LogP contribution in [0.15, 0.2) is 41.3 Å². The van der Waals surface area contributed by atoms with Crippen LogP contribution in [0.4, 0.5) is 5.69 Å². The van der Waals surface area contributed by atoms with Gasteiger partial charge in [-0.25, -0.2) is 5.84 Å². The maximum Gasteiger partial charge on any atom is 0.373 e. The van der Waals surface area contributed by atoms with Crippen LogP contribution in [0.2, 0.25) is 0 Å². The maximum atomic E-state index is 11.0. The first-order valence-electron chi connectivity index (χ1n) is 5.13. The smallest absolute Gasteiger partial charge is 0.282 e. The Hall–Kier alpha value is -1.72. The fourth-order valence-corrected chi connectivity index (χ4v) is 2.54. The van der Waals surface area contributed by atoms with Crippen LogP contribution in [0.25, 0.3) is 10.8 Å². The number of benzene rings is 2. The molecule has 0 aromatic heterocycles. The average Bonchev–Trinajstić information content (AvgIpc) is 2.34. The number of fused-ring (bicyclic) bond motifs is 1. The molecule has 0 aliphatic carbocycles. The molecule has 8 nitrogen and oxygen atoms in total. The number of hydrogen-bond acceptors (Lipinski definition) is 5. The molecule has 2 aromatic rings. The lowest BCUT2D eigenvalue weighted by atomic mass is 10.1. The second-order valence-electron chi connectivity index (χ2n) is 3.94. The van der Waals surface area contributed by atoms with E-state index in [1.807, 2.05) is 0 Å². The van der Waals surface area contributed by atoms with Crippen LogP contribution >= 0.6 is 0 Å². The molecule has 0 amide bonds. The first kappa shape index (κ1) is 14.7. The fourth-order valence-electron chi connectivity index (χ4n) is 1.64. The SMILES string of the molecule is NN(c1ccc2ccc(S(=O)(=O)O)cc2c1)S(=O)(=O)O. The number of anilines is 1. The van der Waals surface area contributed by atoms with Crippen LogP contribution in [-0.2, 0) is 20.4 Å². The zero-order chi connectivity index (χ0) is 15.1. The van der Waals surface area contributed by atoms with Gasteiger partial charge in [-0.3, -0.25) is 9.11 Å². The van der Waals surface area contributed by atoms with Crippen molar-refractivity contribution in [3.05, 3.63) is 36.4 Å². The Bertz CT molecular complexity index is 876. The number of rotatable bonds is 3. The van der Waals surface area contributed by atoms with Crippen LogP contribution in [0.3, 0.4) is 0 Å². The lowest BCUT2D eigenvalue weighted by molar-refractivity contribution is 0.478. The summed E-state index contributed by atoms with van der Waals surface area (Å²) in [5.41, 5.74) is -0.0625. The average molecular weight is 318 g/mol. The van der Waals surface area contributed by atoms with Gasteiger partial charge in [0.25, 0.3) is 10.1 Å². The second-order valence-corrected chi connectivity index (χ2v) is 6.65. The summed E-state index contributed by atoms with van der Waals surface area (Å²) in [6.07, 6.45) is 0. The normalized spacial score (nSPS) is 12.6. The van der Waals surface area contributed by atoms with E-state index >= 15 is 0 Å². The molecular formula is C10H10N2O6S2. The zero-order valence-corrected chi connectivity index (χ0v) is 11.5. The van der Waals surface area contributed by atoms with Gasteiger partial charge < -0.3 is 0 Å². The Kier molecular flexibility index (Phi) is 3.44. The van der Waals surface area contributed by atoms with Crippen molar-refractivity contribution < 1.29 is 25.9 Å². The first-order valence-corrected chi connectivity index (χ1v) is 7.96. The van der Waals surface area contributed by atoms with E-state index in [4.69, 9.17) is 14.9 Å². The standard InChI is InChI=1S/C10H10N2O6S2/c11-12(20(16,17)18)9-3-1-7-2-4-10(19(13,14)15)6-8(7)5-9/h1-6H,11H2,(H,13,14,15)(H,16,17,18). The molecular weight excluding hydrogens is 308 g/mol. The highest BCUT2D eigenvalue weighted by molar-refractivity contribution is 7.87. The number of nitrogens with zero attached hydrogens (tertiary/aromatic N) is 1. The topological polar surface area (TPSA) is 138 Å². The van der Waals surface area contributed by atoms with Gasteiger partial charge in [-0.05, 0) is 35.0 Å². The molecule has 4 N–H and O–H groups in total. The number of hydrogen-bond donors (Lipinski definition) is 3. The van der Waals surface area contributed by atoms with Gasteiger partial charge >= 0.3 is 10.3 Å². The molecule has 0 bridgehead atoms. The fraction of sp³-hybridized carbons (Fsp3) is 0. The highest BCUT2D eigenvalue weighted by Crippen LogP contribution is 2.24. The molecule has 0 fully saturated rings. The molecule has 0 saturated heterocycles. The highest BCUT2D eigenvalue weighted by Gasteiger charge is 2.16. The quantitative estimate of drug-likeness (QED) is 0.427. The molecule has 2 rings (SSSR count). The van der Waals surface area contributed by atoms with Crippen LogP contribution in [0.5, 0.6) is 0 Å². The van der Waals surface area contributed by atoms with Crippen molar-refractivity contribution in [2.45, 2.75) is 4.90 Å². The minimum Gasteiger partial charge on any atom is -0.282 e. The van der Waals surface area contributed by atoms with E-state index < -0.39 is 20.4 Å². The Morgan fingerprint density at radius 1 is 0.900 bits per heavy atom. The van der Waals surface area contributed by atoms with Gasteiger partial charge in [0.1, 0.15) is 0 Å². The Morgan fingerprint density at radius 3 is 2.05 bits per heavy atom. The Labute approximate surface area is 115 Å². The van der Waals surface area contributed by atoms with Crippen LogP contribution in [0.1, 0.15) is 0 Å². The first-order chi connectivity index (χ1) is 9.09. The summed E-state index contributed by atoms with van der Waals surface area (Å²) in [6.45, 7) is 0. The molecule has 0 atom stereocenters. The summed E-state index contributed by atoms with van der Waals surface area (Å²) >= 11 is 0. The molecule has 0 spiro atoms. The van der Waals surface area contributed by atoms with Gasteiger partial charge in [-0.15, -0.1) is 0 Å². The Morgan fingerprint density at radius 2 is 1.50 bits per heavy atom. The monoisotopic (exact) mass is 318 g/mol. The minimum absolute atomic E-state index is 0.0625. The zero-order valence-electron chi connectivity index (χ0n) is 9.83. The van der Waals surface area contributed by atoms with Gasteiger partial charge in [0, 0.05) is 0 Å².